The monoisotopic (exact) mass is 1050 g/mol. The molecule has 2 saturated heterocycles. The van der Waals surface area contributed by atoms with Gasteiger partial charge in [0.2, 0.25) is 11.9 Å². The molecule has 0 spiro atoms. The summed E-state index contributed by atoms with van der Waals surface area (Å²) >= 11 is 0. The van der Waals surface area contributed by atoms with Gasteiger partial charge in [-0.05, 0) is 180 Å². The molecule has 2 aromatic heterocycles. The average Bonchev–Trinajstić information content (AvgIpc) is 4.32. The number of anilines is 4. The number of piperazine rings is 2. The normalized spacial score (nSPS) is 26.4. The van der Waals surface area contributed by atoms with Crippen LogP contribution >= 0.6 is 0 Å². The Bertz CT molecular complexity index is 2520. The average molecular weight is 1050 g/mol. The van der Waals surface area contributed by atoms with E-state index in [0.717, 1.165) is 51.4 Å². The van der Waals surface area contributed by atoms with Crippen molar-refractivity contribution in [3.63, 3.8) is 0 Å². The second-order valence-electron chi connectivity index (χ2n) is 24.3. The summed E-state index contributed by atoms with van der Waals surface area (Å²) in [5.74, 6) is 0.231. The van der Waals surface area contributed by atoms with Crippen molar-refractivity contribution in [1.29, 1.82) is 0 Å². The maximum absolute atomic E-state index is 14.9. The highest BCUT2D eigenvalue weighted by Gasteiger charge is 2.43. The molecule has 4 heterocycles. The lowest BCUT2D eigenvalue weighted by Crippen LogP contribution is -2.53. The van der Waals surface area contributed by atoms with Gasteiger partial charge in [0.05, 0.1) is 33.8 Å². The van der Waals surface area contributed by atoms with E-state index in [1.807, 2.05) is 33.4 Å². The van der Waals surface area contributed by atoms with E-state index in [0.29, 0.717) is 111 Å². The molecular formula is C58H80F2N10O6. The molecule has 10 rings (SSSR count). The molecule has 0 bridgehead atoms. The number of hydrogen-bond acceptors (Lipinski definition) is 14. The van der Waals surface area contributed by atoms with Crippen molar-refractivity contribution in [2.24, 2.45) is 0 Å². The number of rotatable bonds is 12. The molecule has 6 fully saturated rings. The van der Waals surface area contributed by atoms with Crippen LogP contribution in [0.15, 0.2) is 60.9 Å². The topological polar surface area (TPSA) is 186 Å². The van der Waals surface area contributed by atoms with Gasteiger partial charge in [-0.1, -0.05) is 12.1 Å². The lowest BCUT2D eigenvalue weighted by atomic mass is 9.83. The predicted octanol–water partition coefficient (Wildman–Crippen LogP) is 7.71. The Morgan fingerprint density at radius 2 is 0.908 bits per heavy atom. The van der Waals surface area contributed by atoms with E-state index in [9.17, 15) is 38.8 Å². The third-order valence-corrected chi connectivity index (χ3v) is 16.7. The number of aliphatic hydroxyl groups is 4. The van der Waals surface area contributed by atoms with Gasteiger partial charge in [-0.3, -0.25) is 9.59 Å². The van der Waals surface area contributed by atoms with Gasteiger partial charge < -0.3 is 49.8 Å². The first-order valence-electron chi connectivity index (χ1n) is 27.7. The number of amides is 2. The number of carbonyl (C=O) groups is 2. The second-order valence-corrected chi connectivity index (χ2v) is 24.3. The van der Waals surface area contributed by atoms with Crippen LogP contribution in [0.5, 0.6) is 0 Å². The van der Waals surface area contributed by atoms with Crippen LogP contribution in [0.1, 0.15) is 165 Å². The summed E-state index contributed by atoms with van der Waals surface area (Å²) < 4.78 is 29.9. The third kappa shape index (κ3) is 12.7. The minimum absolute atomic E-state index is 0.00238. The molecule has 18 heteroatoms. The number of hydrogen-bond donors (Lipinski definition) is 4. The van der Waals surface area contributed by atoms with Gasteiger partial charge in [-0.15, -0.1) is 0 Å². The van der Waals surface area contributed by atoms with Gasteiger partial charge in [0.15, 0.2) is 0 Å². The molecule has 2 aromatic carbocycles. The number of carbonyl (C=O) groups excluding carboxylic acids is 2. The van der Waals surface area contributed by atoms with Crippen LogP contribution in [0.4, 0.5) is 32.1 Å². The van der Waals surface area contributed by atoms with Crippen LogP contribution in [-0.2, 0) is 11.2 Å². The molecule has 4 saturated carbocycles. The molecule has 16 nitrogen and oxygen atoms in total. The lowest BCUT2D eigenvalue weighted by Gasteiger charge is -2.41. The maximum atomic E-state index is 14.9. The van der Waals surface area contributed by atoms with E-state index >= 15 is 0 Å². The Kier molecular flexibility index (Phi) is 15.8. The predicted molar refractivity (Wildman–Crippen MR) is 290 cm³/mol. The Morgan fingerprint density at radius 3 is 1.21 bits per heavy atom. The number of benzene rings is 2. The summed E-state index contributed by atoms with van der Waals surface area (Å²) in [6.45, 7) is 18.0. The number of aromatic nitrogens is 4. The molecule has 2 atom stereocenters. The molecule has 2 amide bonds. The smallest absolute Gasteiger partial charge is 0.273 e. The van der Waals surface area contributed by atoms with Gasteiger partial charge in [0.1, 0.15) is 23.0 Å². The molecular weight excluding hydrogens is 971 g/mol. The van der Waals surface area contributed by atoms with E-state index in [1.54, 1.807) is 76.5 Å². The Hall–Kier alpha value is -5.56. The van der Waals surface area contributed by atoms with Crippen molar-refractivity contribution < 1.29 is 38.8 Å². The summed E-state index contributed by atoms with van der Waals surface area (Å²) in [7, 11) is 0. The van der Waals surface area contributed by atoms with E-state index in [4.69, 9.17) is 9.97 Å². The fourth-order valence-electron chi connectivity index (χ4n) is 11.7. The van der Waals surface area contributed by atoms with Gasteiger partial charge in [-0.25, -0.2) is 28.7 Å². The quantitative estimate of drug-likeness (QED) is 0.108. The maximum Gasteiger partial charge on any atom is 0.273 e. The van der Waals surface area contributed by atoms with Crippen LogP contribution in [0, 0.1) is 11.6 Å². The SMILES string of the molecule is C[C@@H]1CN(c2ccc(C(C)(C)O)cc2F)CCN1c1nccc(C(=O)N(C2CC2)C2CCC(C)(O)CC2)n1.C[C@@H]1CN(c2ccc(C(C)(C)O)cc2F)CCN1c1nccc(C(=O)N(C2CC2)C2CCC(C)(O)CC2)n1. The fraction of sp³-hybridized carbons (Fsp3) is 0.621. The molecule has 0 unspecified atom stereocenters. The van der Waals surface area contributed by atoms with E-state index in [1.165, 1.54) is 12.1 Å². The summed E-state index contributed by atoms with van der Waals surface area (Å²) in [5, 5.41) is 41.2. The van der Waals surface area contributed by atoms with Crippen LogP contribution in [-0.4, -0.2) is 149 Å². The van der Waals surface area contributed by atoms with Crippen LogP contribution in [0.3, 0.4) is 0 Å². The number of nitrogens with zero attached hydrogens (tertiary/aromatic N) is 10. The first-order valence-corrected chi connectivity index (χ1v) is 27.7. The van der Waals surface area contributed by atoms with Crippen LogP contribution < -0.4 is 19.6 Å². The molecule has 2 aliphatic heterocycles. The number of halogens is 2. The molecule has 4 aliphatic carbocycles. The first-order chi connectivity index (χ1) is 35.9. The summed E-state index contributed by atoms with van der Waals surface area (Å²) in [4.78, 5) is 57.9. The van der Waals surface area contributed by atoms with Crippen molar-refractivity contribution in [3.8, 4) is 0 Å². The van der Waals surface area contributed by atoms with Crippen LogP contribution in [0.25, 0.3) is 0 Å². The minimum atomic E-state index is -1.10. The van der Waals surface area contributed by atoms with E-state index in [-0.39, 0.29) is 59.7 Å². The molecule has 412 valence electrons. The minimum Gasteiger partial charge on any atom is -0.390 e. The zero-order valence-electron chi connectivity index (χ0n) is 45.8. The lowest BCUT2D eigenvalue weighted by molar-refractivity contribution is -0.00513. The van der Waals surface area contributed by atoms with Crippen molar-refractivity contribution in [1.82, 2.24) is 29.7 Å². The van der Waals surface area contributed by atoms with Crippen molar-refractivity contribution in [3.05, 3.63) is 95.1 Å². The van der Waals surface area contributed by atoms with Gasteiger partial charge in [-0.2, -0.15) is 0 Å². The highest BCUT2D eigenvalue weighted by atomic mass is 19.1. The Balaban J connectivity index is 0.000000186. The molecule has 4 aromatic rings. The van der Waals surface area contributed by atoms with Gasteiger partial charge in [0, 0.05) is 87.9 Å². The van der Waals surface area contributed by atoms with Gasteiger partial charge in [0.25, 0.3) is 11.8 Å². The Labute approximate surface area is 447 Å². The zero-order chi connectivity index (χ0) is 54.5. The highest BCUT2D eigenvalue weighted by Crippen LogP contribution is 2.40. The fourth-order valence-corrected chi connectivity index (χ4v) is 11.7. The standard InChI is InChI=1S/2C29H40FN5O3/c2*1-19-18-33(25-8-5-20(17-23(25)30)28(2,3)37)15-16-34(19)27-31-14-11-24(32-27)26(36)35(21-6-7-21)22-9-12-29(4,38)13-10-22/h2*5,8,11,14,17,19,21-22,37-38H,6-7,9-10,12-13,15-16,18H2,1-4H3/t2*19-,22?,29?/m11/s1. The molecule has 6 aliphatic rings. The van der Waals surface area contributed by atoms with E-state index in [2.05, 4.69) is 33.6 Å². The summed E-state index contributed by atoms with van der Waals surface area (Å²) in [5.41, 5.74) is -0.567. The first kappa shape index (κ1) is 55.2. The third-order valence-electron chi connectivity index (χ3n) is 16.7. The molecule has 76 heavy (non-hydrogen) atoms. The second kappa shape index (κ2) is 21.7. The summed E-state index contributed by atoms with van der Waals surface area (Å²) in [6.07, 6.45) is 13.4. The van der Waals surface area contributed by atoms with E-state index < -0.39 is 22.4 Å². The molecule has 0 radical (unpaired) electrons. The Morgan fingerprint density at radius 1 is 0.566 bits per heavy atom. The van der Waals surface area contributed by atoms with Crippen LogP contribution in [0.2, 0.25) is 0 Å². The summed E-state index contributed by atoms with van der Waals surface area (Å²) in [6, 6.07) is 14.0. The largest absolute Gasteiger partial charge is 0.390 e. The highest BCUT2D eigenvalue weighted by molar-refractivity contribution is 5.94. The zero-order valence-corrected chi connectivity index (χ0v) is 45.8. The van der Waals surface area contributed by atoms with Crippen molar-refractivity contribution in [2.75, 3.05) is 58.9 Å². The van der Waals surface area contributed by atoms with Gasteiger partial charge >= 0.3 is 0 Å². The van der Waals surface area contributed by atoms with Crippen molar-refractivity contribution in [2.45, 2.75) is 191 Å². The van der Waals surface area contributed by atoms with Crippen molar-refractivity contribution >= 4 is 35.1 Å². The molecule has 4 N–H and O–H groups in total.